The Morgan fingerprint density at radius 3 is 2.62 bits per heavy atom. The van der Waals surface area contributed by atoms with Crippen molar-refractivity contribution < 1.29 is 4.42 Å². The summed E-state index contributed by atoms with van der Waals surface area (Å²) in [6.45, 7) is 13.7. The van der Waals surface area contributed by atoms with Crippen LogP contribution in [0.15, 0.2) is 52.4 Å². The second kappa shape index (κ2) is 7.66. The molecular weight excluding hydrogens is 454 g/mol. The number of hydrogen-bond acceptors (Lipinski definition) is 4. The number of aromatic nitrogens is 1. The molecule has 2 nitrogen and oxygen atoms in total. The van der Waals surface area contributed by atoms with Crippen LogP contribution in [0.2, 0.25) is 0 Å². The van der Waals surface area contributed by atoms with Crippen LogP contribution in [0.4, 0.5) is 0 Å². The first-order valence-electron chi connectivity index (χ1n) is 12.0. The highest BCUT2D eigenvalue weighted by molar-refractivity contribution is 7.19. The molecule has 0 fully saturated rings. The van der Waals surface area contributed by atoms with E-state index < -0.39 is 0 Å². The molecule has 0 N–H and O–H groups in total. The highest BCUT2D eigenvalue weighted by atomic mass is 32.1. The molecular formula is C30H29NOS2. The molecule has 0 spiro atoms. The average Bonchev–Trinajstić information content (AvgIpc) is 3.47. The number of fused-ring (bicyclic) bond motifs is 6. The van der Waals surface area contributed by atoms with E-state index in [-0.39, 0.29) is 5.41 Å². The molecule has 0 aliphatic heterocycles. The van der Waals surface area contributed by atoms with Crippen molar-refractivity contribution in [2.75, 3.05) is 0 Å². The SMILES string of the molecule is Cc1c(CC(C)C)sc2ccc3c(oc4ccnc(-c5cc(C(C)(C)C)c6sccc6c5)c43)c12. The Morgan fingerprint density at radius 1 is 1.03 bits per heavy atom. The molecule has 0 unspecified atom stereocenters. The number of aryl methyl sites for hydroxylation is 1. The molecule has 4 heteroatoms. The quantitative estimate of drug-likeness (QED) is 0.250. The normalized spacial score (nSPS) is 12.8. The highest BCUT2D eigenvalue weighted by Crippen LogP contribution is 2.44. The van der Waals surface area contributed by atoms with E-state index in [1.807, 2.05) is 34.9 Å². The van der Waals surface area contributed by atoms with Gasteiger partial charge in [-0.15, -0.1) is 22.7 Å². The maximum absolute atomic E-state index is 6.57. The van der Waals surface area contributed by atoms with Gasteiger partial charge in [0.25, 0.3) is 0 Å². The zero-order valence-electron chi connectivity index (χ0n) is 20.6. The number of hydrogen-bond donors (Lipinski definition) is 0. The van der Waals surface area contributed by atoms with Crippen molar-refractivity contribution in [3.8, 4) is 11.3 Å². The summed E-state index contributed by atoms with van der Waals surface area (Å²) in [6.07, 6.45) is 2.99. The van der Waals surface area contributed by atoms with Crippen LogP contribution in [0.25, 0.3) is 53.4 Å². The molecule has 34 heavy (non-hydrogen) atoms. The van der Waals surface area contributed by atoms with Gasteiger partial charge in [0.1, 0.15) is 11.2 Å². The van der Waals surface area contributed by atoms with Crippen molar-refractivity contribution in [3.63, 3.8) is 0 Å². The van der Waals surface area contributed by atoms with Crippen LogP contribution in [0.5, 0.6) is 0 Å². The van der Waals surface area contributed by atoms with Gasteiger partial charge in [0.2, 0.25) is 0 Å². The topological polar surface area (TPSA) is 26.0 Å². The van der Waals surface area contributed by atoms with Gasteiger partial charge in [0.15, 0.2) is 0 Å². The lowest BCUT2D eigenvalue weighted by Gasteiger charge is -2.21. The minimum atomic E-state index is 0.0538. The Morgan fingerprint density at radius 2 is 1.85 bits per heavy atom. The van der Waals surface area contributed by atoms with Crippen molar-refractivity contribution >= 4 is 64.8 Å². The van der Waals surface area contributed by atoms with E-state index in [2.05, 4.69) is 77.3 Å². The molecule has 0 aliphatic carbocycles. The van der Waals surface area contributed by atoms with Gasteiger partial charge >= 0.3 is 0 Å². The first-order chi connectivity index (χ1) is 16.2. The van der Waals surface area contributed by atoms with Crippen LogP contribution in [-0.2, 0) is 11.8 Å². The molecule has 0 saturated carbocycles. The fourth-order valence-corrected chi connectivity index (χ4v) is 7.64. The van der Waals surface area contributed by atoms with Gasteiger partial charge < -0.3 is 4.42 Å². The number of nitrogens with zero attached hydrogens (tertiary/aromatic N) is 1. The van der Waals surface area contributed by atoms with Gasteiger partial charge in [0, 0.05) is 36.8 Å². The largest absolute Gasteiger partial charge is 0.455 e. The predicted octanol–water partition coefficient (Wildman–Crippen LogP) is 9.88. The fourth-order valence-electron chi connectivity index (χ4n) is 5.12. The fraction of sp³-hybridized carbons (Fsp3) is 0.300. The van der Waals surface area contributed by atoms with Crippen LogP contribution in [0.1, 0.15) is 50.6 Å². The second-order valence-electron chi connectivity index (χ2n) is 10.8. The van der Waals surface area contributed by atoms with E-state index >= 15 is 0 Å². The molecule has 6 rings (SSSR count). The van der Waals surface area contributed by atoms with Crippen molar-refractivity contribution in [3.05, 3.63) is 64.0 Å². The number of thiophene rings is 2. The zero-order chi connectivity index (χ0) is 23.8. The van der Waals surface area contributed by atoms with E-state index in [4.69, 9.17) is 9.40 Å². The van der Waals surface area contributed by atoms with Crippen LogP contribution >= 0.6 is 22.7 Å². The lowest BCUT2D eigenvalue weighted by molar-refractivity contribution is 0.597. The van der Waals surface area contributed by atoms with Crippen molar-refractivity contribution in [1.29, 1.82) is 0 Å². The van der Waals surface area contributed by atoms with Crippen LogP contribution in [0.3, 0.4) is 0 Å². The maximum atomic E-state index is 6.57. The summed E-state index contributed by atoms with van der Waals surface area (Å²) in [7, 11) is 0. The Kier molecular flexibility index (Phi) is 4.91. The maximum Gasteiger partial charge on any atom is 0.144 e. The molecule has 0 atom stereocenters. The van der Waals surface area contributed by atoms with Crippen LogP contribution < -0.4 is 0 Å². The predicted molar refractivity (Wildman–Crippen MR) is 150 cm³/mol. The third-order valence-corrected chi connectivity index (χ3v) is 9.01. The molecule has 172 valence electrons. The van der Waals surface area contributed by atoms with E-state index in [0.717, 1.165) is 39.6 Å². The molecule has 0 radical (unpaired) electrons. The van der Waals surface area contributed by atoms with Crippen LogP contribution in [-0.4, -0.2) is 4.98 Å². The smallest absolute Gasteiger partial charge is 0.144 e. The molecule has 2 aromatic carbocycles. The summed E-state index contributed by atoms with van der Waals surface area (Å²) in [5, 5.41) is 7.02. The lowest BCUT2D eigenvalue weighted by Crippen LogP contribution is -2.11. The minimum absolute atomic E-state index is 0.0538. The standard InChI is InChI=1S/C30H29NOS2/c1-16(2)13-24-17(3)25-23(34-24)8-7-20-26-22(32-28(20)25)9-11-31-27(26)19-14-18-10-12-33-29(18)21(15-19)30(4,5)6/h7-12,14-16H,13H2,1-6H3. The average molecular weight is 484 g/mol. The van der Waals surface area contributed by atoms with Crippen molar-refractivity contribution in [1.82, 2.24) is 4.98 Å². The summed E-state index contributed by atoms with van der Waals surface area (Å²) in [5.41, 5.74) is 6.86. The molecule has 0 aliphatic rings. The van der Waals surface area contributed by atoms with Crippen LogP contribution in [0, 0.1) is 12.8 Å². The van der Waals surface area contributed by atoms with E-state index in [1.54, 1.807) is 0 Å². The van der Waals surface area contributed by atoms with Gasteiger partial charge in [-0.25, -0.2) is 0 Å². The number of benzene rings is 2. The molecule has 4 heterocycles. The van der Waals surface area contributed by atoms with Gasteiger partial charge in [-0.3, -0.25) is 4.98 Å². The second-order valence-corrected chi connectivity index (χ2v) is 12.9. The summed E-state index contributed by atoms with van der Waals surface area (Å²) in [5.74, 6) is 0.637. The van der Waals surface area contributed by atoms with E-state index in [9.17, 15) is 0 Å². The minimum Gasteiger partial charge on any atom is -0.455 e. The third-order valence-electron chi connectivity index (χ3n) is 6.77. The first-order valence-corrected chi connectivity index (χ1v) is 13.7. The molecule has 0 bridgehead atoms. The Balaban J connectivity index is 1.66. The van der Waals surface area contributed by atoms with Gasteiger partial charge in [-0.1, -0.05) is 34.6 Å². The van der Waals surface area contributed by atoms with Gasteiger partial charge in [0.05, 0.1) is 11.1 Å². The Hall–Kier alpha value is -2.69. The third kappa shape index (κ3) is 3.30. The monoisotopic (exact) mass is 483 g/mol. The van der Waals surface area contributed by atoms with Crippen molar-refractivity contribution in [2.45, 2.75) is 53.4 Å². The molecule has 0 saturated heterocycles. The van der Waals surface area contributed by atoms with E-state index in [0.29, 0.717) is 5.92 Å². The summed E-state index contributed by atoms with van der Waals surface area (Å²) in [4.78, 5) is 6.37. The summed E-state index contributed by atoms with van der Waals surface area (Å²) < 4.78 is 9.24. The zero-order valence-corrected chi connectivity index (χ0v) is 22.2. The molecule has 0 amide bonds. The Labute approximate surface area is 208 Å². The summed E-state index contributed by atoms with van der Waals surface area (Å²) >= 11 is 3.73. The lowest BCUT2D eigenvalue weighted by atomic mass is 9.85. The molecule has 6 aromatic rings. The number of pyridine rings is 1. The number of rotatable bonds is 3. The van der Waals surface area contributed by atoms with Crippen molar-refractivity contribution in [2.24, 2.45) is 5.92 Å². The number of furan rings is 1. The first kappa shape index (κ1) is 21.8. The van der Waals surface area contributed by atoms with Gasteiger partial charge in [-0.2, -0.15) is 0 Å². The summed E-state index contributed by atoms with van der Waals surface area (Å²) in [6, 6.07) is 13.4. The van der Waals surface area contributed by atoms with E-state index in [1.165, 1.54) is 36.2 Å². The Bertz CT molecular complexity index is 1710. The van der Waals surface area contributed by atoms with Gasteiger partial charge in [-0.05, 0) is 83.0 Å². The molecule has 4 aromatic heterocycles. The highest BCUT2D eigenvalue weighted by Gasteiger charge is 2.23.